The minimum atomic E-state index is -1.55. The van der Waals surface area contributed by atoms with Crippen LogP contribution in [0.15, 0.2) is 54.6 Å². The number of hydrogen-bond donors (Lipinski definition) is 3. The van der Waals surface area contributed by atoms with Crippen LogP contribution in [0.3, 0.4) is 0 Å². The van der Waals surface area contributed by atoms with E-state index in [2.05, 4.69) is 16.0 Å². The monoisotopic (exact) mass is 335 g/mol. The van der Waals surface area contributed by atoms with Crippen molar-refractivity contribution in [3.05, 3.63) is 71.3 Å². The molecule has 4 amide bonds. The molecule has 0 spiro atoms. The molecule has 2 aliphatic heterocycles. The second-order valence-corrected chi connectivity index (χ2v) is 6.25. The highest BCUT2D eigenvalue weighted by Gasteiger charge is 2.58. The lowest BCUT2D eigenvalue weighted by atomic mass is 9.67. The fraction of sp³-hybridized carbons (Fsp3) is 0.211. The van der Waals surface area contributed by atoms with Gasteiger partial charge in [0.25, 0.3) is 0 Å². The van der Waals surface area contributed by atoms with Crippen LogP contribution in [0.1, 0.15) is 22.7 Å². The van der Waals surface area contributed by atoms with E-state index in [0.717, 1.165) is 17.5 Å². The number of hydrogen-bond acceptors (Lipinski definition) is 4. The molecule has 0 radical (unpaired) electrons. The molecule has 25 heavy (non-hydrogen) atoms. The van der Waals surface area contributed by atoms with E-state index in [0.29, 0.717) is 12.1 Å². The molecule has 6 nitrogen and oxygen atoms in total. The number of benzene rings is 2. The third kappa shape index (κ3) is 2.26. The molecule has 1 fully saturated rings. The van der Waals surface area contributed by atoms with E-state index < -0.39 is 29.3 Å². The van der Waals surface area contributed by atoms with E-state index in [9.17, 15) is 14.4 Å². The summed E-state index contributed by atoms with van der Waals surface area (Å²) >= 11 is 0. The maximum absolute atomic E-state index is 13.0. The molecule has 3 N–H and O–H groups in total. The Morgan fingerprint density at radius 1 is 0.840 bits per heavy atom. The molecule has 6 heteroatoms. The zero-order valence-electron chi connectivity index (χ0n) is 13.4. The summed E-state index contributed by atoms with van der Waals surface area (Å²) in [5, 5.41) is 7.88. The third-order valence-corrected chi connectivity index (χ3v) is 4.94. The molecule has 126 valence electrons. The van der Waals surface area contributed by atoms with Gasteiger partial charge in [-0.05, 0) is 29.7 Å². The topological polar surface area (TPSA) is 87.3 Å². The van der Waals surface area contributed by atoms with E-state index in [-0.39, 0.29) is 0 Å². The predicted molar refractivity (Wildman–Crippen MR) is 90.7 cm³/mol. The van der Waals surface area contributed by atoms with Gasteiger partial charge in [-0.3, -0.25) is 20.2 Å². The number of barbiturate groups is 1. The van der Waals surface area contributed by atoms with Gasteiger partial charge in [-0.15, -0.1) is 0 Å². The van der Waals surface area contributed by atoms with Gasteiger partial charge in [0.1, 0.15) is 0 Å². The van der Waals surface area contributed by atoms with Crippen molar-refractivity contribution in [3.63, 3.8) is 0 Å². The molecule has 1 saturated heterocycles. The molecule has 0 saturated carbocycles. The Hall–Kier alpha value is -2.99. The third-order valence-electron chi connectivity index (χ3n) is 4.94. The molecular weight excluding hydrogens is 318 g/mol. The first kappa shape index (κ1) is 15.5. The fourth-order valence-electron chi connectivity index (χ4n) is 3.82. The number of urea groups is 1. The SMILES string of the molecule is O=C1NC(=O)C(c2ccccc2)(C2NCCc3ccccc32)C(=O)N1. The van der Waals surface area contributed by atoms with Crippen LogP contribution in [-0.4, -0.2) is 24.4 Å². The van der Waals surface area contributed by atoms with Crippen LogP contribution in [0.4, 0.5) is 4.79 Å². The zero-order chi connectivity index (χ0) is 17.4. The average Bonchev–Trinajstić information content (AvgIpc) is 2.62. The van der Waals surface area contributed by atoms with Crippen LogP contribution in [0.2, 0.25) is 0 Å². The number of rotatable bonds is 2. The van der Waals surface area contributed by atoms with Crippen LogP contribution in [-0.2, 0) is 21.4 Å². The first-order chi connectivity index (χ1) is 12.1. The summed E-state index contributed by atoms with van der Waals surface area (Å²) in [5.41, 5.74) is 0.995. The first-order valence-electron chi connectivity index (χ1n) is 8.17. The molecule has 0 aliphatic carbocycles. The van der Waals surface area contributed by atoms with Crippen molar-refractivity contribution in [2.45, 2.75) is 17.9 Å². The van der Waals surface area contributed by atoms with Crippen molar-refractivity contribution in [2.75, 3.05) is 6.54 Å². The largest absolute Gasteiger partial charge is 0.328 e. The lowest BCUT2D eigenvalue weighted by Crippen LogP contribution is -2.69. The van der Waals surface area contributed by atoms with E-state index in [1.54, 1.807) is 24.3 Å². The van der Waals surface area contributed by atoms with Gasteiger partial charge in [0, 0.05) is 0 Å². The highest BCUT2D eigenvalue weighted by atomic mass is 16.2. The molecule has 2 aliphatic rings. The minimum absolute atomic E-state index is 0.548. The lowest BCUT2D eigenvalue weighted by molar-refractivity contribution is -0.140. The Bertz CT molecular complexity index is 843. The molecule has 1 unspecified atom stereocenters. The van der Waals surface area contributed by atoms with Gasteiger partial charge in [-0.25, -0.2) is 4.79 Å². The van der Waals surface area contributed by atoms with Gasteiger partial charge in [-0.1, -0.05) is 54.6 Å². The first-order valence-corrected chi connectivity index (χ1v) is 8.17. The Kier molecular flexibility index (Phi) is 3.62. The second kappa shape index (κ2) is 5.82. The number of carbonyl (C=O) groups excluding carboxylic acids is 3. The van der Waals surface area contributed by atoms with Gasteiger partial charge in [0.05, 0.1) is 6.04 Å². The van der Waals surface area contributed by atoms with Crippen LogP contribution < -0.4 is 16.0 Å². The summed E-state index contributed by atoms with van der Waals surface area (Å²) in [6.07, 6.45) is 0.819. The standard InChI is InChI=1S/C19H17N3O3/c23-16-19(13-7-2-1-3-8-13,17(24)22-18(25)21-16)15-14-9-5-4-6-12(14)10-11-20-15/h1-9,15,20H,10-11H2,(H2,21,22,23,24,25). The van der Waals surface area contributed by atoms with Gasteiger partial charge < -0.3 is 5.32 Å². The van der Waals surface area contributed by atoms with Crippen molar-refractivity contribution in [1.29, 1.82) is 0 Å². The highest BCUT2D eigenvalue weighted by Crippen LogP contribution is 2.42. The summed E-state index contributed by atoms with van der Waals surface area (Å²) in [5.74, 6) is -1.22. The van der Waals surface area contributed by atoms with E-state index >= 15 is 0 Å². The van der Waals surface area contributed by atoms with Gasteiger partial charge in [-0.2, -0.15) is 0 Å². The van der Waals surface area contributed by atoms with Gasteiger partial charge in [0.15, 0.2) is 5.41 Å². The van der Waals surface area contributed by atoms with E-state index in [1.165, 1.54) is 0 Å². The summed E-state index contributed by atoms with van der Waals surface area (Å²) in [6, 6.07) is 15.3. The number of nitrogens with one attached hydrogen (secondary N) is 3. The van der Waals surface area contributed by atoms with Crippen LogP contribution in [0, 0.1) is 0 Å². The van der Waals surface area contributed by atoms with Crippen LogP contribution in [0.5, 0.6) is 0 Å². The Morgan fingerprint density at radius 3 is 2.20 bits per heavy atom. The van der Waals surface area contributed by atoms with E-state index in [1.807, 2.05) is 30.3 Å². The predicted octanol–water partition coefficient (Wildman–Crippen LogP) is 1.18. The summed E-state index contributed by atoms with van der Waals surface area (Å²) in [7, 11) is 0. The molecule has 0 aromatic heterocycles. The molecule has 4 rings (SSSR count). The fourth-order valence-corrected chi connectivity index (χ4v) is 3.82. The molecule has 2 aromatic carbocycles. The Balaban J connectivity index is 1.96. The number of imide groups is 2. The van der Waals surface area contributed by atoms with Gasteiger partial charge >= 0.3 is 6.03 Å². The normalized spacial score (nSPS) is 21.9. The molecule has 1 atom stereocenters. The molecule has 2 heterocycles. The van der Waals surface area contributed by atoms with Crippen molar-refractivity contribution >= 4 is 17.8 Å². The van der Waals surface area contributed by atoms with Crippen molar-refractivity contribution in [1.82, 2.24) is 16.0 Å². The number of fused-ring (bicyclic) bond motifs is 1. The maximum Gasteiger partial charge on any atom is 0.328 e. The van der Waals surface area contributed by atoms with E-state index in [4.69, 9.17) is 0 Å². The maximum atomic E-state index is 13.0. The van der Waals surface area contributed by atoms with Crippen molar-refractivity contribution in [2.24, 2.45) is 0 Å². The summed E-state index contributed by atoms with van der Waals surface area (Å²) in [4.78, 5) is 37.7. The molecular formula is C19H17N3O3. The number of amides is 4. The smallest absolute Gasteiger partial charge is 0.308 e. The van der Waals surface area contributed by atoms with Gasteiger partial charge in [0.2, 0.25) is 11.8 Å². The molecule has 2 aromatic rings. The van der Waals surface area contributed by atoms with Crippen molar-refractivity contribution < 1.29 is 14.4 Å². The summed E-state index contributed by atoms with van der Waals surface area (Å²) in [6.45, 7) is 0.644. The Morgan fingerprint density at radius 2 is 1.48 bits per heavy atom. The summed E-state index contributed by atoms with van der Waals surface area (Å²) < 4.78 is 0. The van der Waals surface area contributed by atoms with Crippen molar-refractivity contribution in [3.8, 4) is 0 Å². The number of carbonyl (C=O) groups is 3. The lowest BCUT2D eigenvalue weighted by Gasteiger charge is -2.43. The Labute approximate surface area is 144 Å². The van der Waals surface area contributed by atoms with Crippen LogP contribution >= 0.6 is 0 Å². The molecule has 0 bridgehead atoms. The second-order valence-electron chi connectivity index (χ2n) is 6.25. The minimum Gasteiger partial charge on any atom is -0.308 e. The average molecular weight is 335 g/mol. The van der Waals surface area contributed by atoms with Crippen LogP contribution in [0.25, 0.3) is 0 Å². The highest BCUT2D eigenvalue weighted by molar-refractivity contribution is 6.23. The quantitative estimate of drug-likeness (QED) is 0.719. The zero-order valence-corrected chi connectivity index (χ0v) is 13.4.